The van der Waals surface area contributed by atoms with Crippen LogP contribution in [0.25, 0.3) is 11.2 Å². The van der Waals surface area contributed by atoms with Crippen LogP contribution in [0.4, 0.5) is 11.6 Å². The van der Waals surface area contributed by atoms with E-state index >= 15 is 0 Å². The fourth-order valence-electron chi connectivity index (χ4n) is 3.99. The van der Waals surface area contributed by atoms with Gasteiger partial charge in [0.1, 0.15) is 18.3 Å². The molecular formula is C18H19N6O9P. The number of benzene rings is 1. The molecule has 34 heavy (non-hydrogen) atoms. The van der Waals surface area contributed by atoms with Crippen molar-refractivity contribution in [3.8, 4) is 0 Å². The third kappa shape index (κ3) is 3.77. The number of aromatic amines is 1. The lowest BCUT2D eigenvalue weighted by molar-refractivity contribution is -0.386. The molecule has 0 saturated carbocycles. The monoisotopic (exact) mass is 494 g/mol. The van der Waals surface area contributed by atoms with Crippen molar-refractivity contribution < 1.29 is 32.9 Å². The van der Waals surface area contributed by atoms with Crippen molar-refractivity contribution in [2.75, 3.05) is 12.3 Å². The van der Waals surface area contributed by atoms with Crippen molar-refractivity contribution in [1.29, 1.82) is 0 Å². The zero-order valence-corrected chi connectivity index (χ0v) is 18.4. The molecule has 4 heterocycles. The third-order valence-corrected chi connectivity index (χ3v) is 7.08. The molecule has 5 rings (SSSR count). The molecule has 2 aromatic heterocycles. The number of phosphoric acid groups is 1. The van der Waals surface area contributed by atoms with Crippen LogP contribution in [0.3, 0.4) is 0 Å². The van der Waals surface area contributed by atoms with Gasteiger partial charge in [-0.05, 0) is 13.0 Å². The number of ether oxygens (including phenoxy) is 1. The van der Waals surface area contributed by atoms with Gasteiger partial charge in [-0.3, -0.25) is 38.0 Å². The average molecular weight is 494 g/mol. The largest absolute Gasteiger partial charge is 0.475 e. The van der Waals surface area contributed by atoms with Crippen LogP contribution in [0.5, 0.6) is 0 Å². The van der Waals surface area contributed by atoms with Gasteiger partial charge in [0.15, 0.2) is 17.4 Å². The van der Waals surface area contributed by atoms with Crippen LogP contribution in [-0.2, 0) is 22.9 Å². The molecule has 6 atom stereocenters. The zero-order chi connectivity index (χ0) is 24.2. The van der Waals surface area contributed by atoms with Crippen molar-refractivity contribution in [2.45, 2.75) is 37.6 Å². The van der Waals surface area contributed by atoms with Gasteiger partial charge < -0.3 is 15.6 Å². The first-order valence-corrected chi connectivity index (χ1v) is 11.5. The molecule has 3 aromatic rings. The molecule has 1 aromatic carbocycles. The number of nitrogens with zero attached hydrogens (tertiary/aromatic N) is 4. The van der Waals surface area contributed by atoms with Gasteiger partial charge in [-0.1, -0.05) is 12.1 Å². The summed E-state index contributed by atoms with van der Waals surface area (Å²) in [5.41, 5.74) is 5.08. The summed E-state index contributed by atoms with van der Waals surface area (Å²) in [6.07, 6.45) is -4.19. The molecule has 2 saturated heterocycles. The van der Waals surface area contributed by atoms with Gasteiger partial charge in [-0.25, -0.2) is 9.55 Å². The van der Waals surface area contributed by atoms with E-state index in [1.165, 1.54) is 36.0 Å². The molecule has 0 bridgehead atoms. The van der Waals surface area contributed by atoms with Crippen LogP contribution < -0.4 is 11.3 Å². The number of fused-ring (bicyclic) bond motifs is 2. The average Bonchev–Trinajstić information content (AvgIpc) is 3.34. The minimum atomic E-state index is -4.24. The van der Waals surface area contributed by atoms with Crippen molar-refractivity contribution in [3.63, 3.8) is 0 Å². The lowest BCUT2D eigenvalue weighted by atomic mass is 10.1. The van der Waals surface area contributed by atoms with Gasteiger partial charge in [0.05, 0.1) is 29.5 Å². The van der Waals surface area contributed by atoms with Crippen LogP contribution in [0, 0.1) is 10.1 Å². The van der Waals surface area contributed by atoms with Crippen molar-refractivity contribution in [1.82, 2.24) is 19.5 Å². The molecule has 0 aliphatic carbocycles. The Kier molecular flexibility index (Phi) is 5.47. The lowest BCUT2D eigenvalue weighted by Gasteiger charge is -2.32. The maximum atomic E-state index is 13.2. The Balaban J connectivity index is 1.37. The maximum Gasteiger partial charge on any atom is 0.475 e. The van der Waals surface area contributed by atoms with E-state index in [1.54, 1.807) is 6.07 Å². The summed E-state index contributed by atoms with van der Waals surface area (Å²) in [6.45, 7) is 1.22. The number of nitro benzene ring substituents is 1. The number of aliphatic hydroxyl groups is 1. The minimum Gasteiger partial charge on any atom is -0.386 e. The van der Waals surface area contributed by atoms with Gasteiger partial charge in [0.25, 0.3) is 11.2 Å². The highest BCUT2D eigenvalue weighted by molar-refractivity contribution is 7.48. The lowest BCUT2D eigenvalue weighted by Crippen LogP contribution is -2.39. The summed E-state index contributed by atoms with van der Waals surface area (Å²) >= 11 is 0. The SMILES string of the molecule is CC(OP1(=O)OCC2OC(n3cnc4c(=O)[nH]c(N)nc43)C(O)C2O1)c1ccccc1[N+](=O)[O-]. The fraction of sp³-hybridized carbons (Fsp3) is 0.389. The predicted octanol–water partition coefficient (Wildman–Crippen LogP) is 1.17. The van der Waals surface area contributed by atoms with Gasteiger partial charge in [0.2, 0.25) is 5.95 Å². The molecule has 0 spiro atoms. The number of anilines is 1. The Morgan fingerprint density at radius 3 is 2.97 bits per heavy atom. The zero-order valence-electron chi connectivity index (χ0n) is 17.5. The maximum absolute atomic E-state index is 13.2. The summed E-state index contributed by atoms with van der Waals surface area (Å²) < 4.78 is 36.6. The van der Waals surface area contributed by atoms with Crippen LogP contribution in [0.15, 0.2) is 35.4 Å². The van der Waals surface area contributed by atoms with E-state index in [0.29, 0.717) is 0 Å². The number of para-hydroxylation sites is 1. The van der Waals surface area contributed by atoms with Crippen molar-refractivity contribution in [2.24, 2.45) is 0 Å². The highest BCUT2D eigenvalue weighted by Crippen LogP contribution is 2.59. The first-order valence-electron chi connectivity index (χ1n) is 10.1. The summed E-state index contributed by atoms with van der Waals surface area (Å²) in [6, 6.07) is 5.84. The predicted molar refractivity (Wildman–Crippen MR) is 114 cm³/mol. The molecule has 2 aliphatic rings. The first kappa shape index (κ1) is 22.6. The number of nitro groups is 1. The highest BCUT2D eigenvalue weighted by Gasteiger charge is 2.54. The number of phosphoric ester groups is 1. The number of hydrogen-bond donors (Lipinski definition) is 3. The number of nitrogens with one attached hydrogen (secondary N) is 1. The number of hydrogen-bond acceptors (Lipinski definition) is 12. The summed E-state index contributed by atoms with van der Waals surface area (Å²) in [7, 11) is -4.24. The number of imidazole rings is 1. The number of nitrogens with two attached hydrogens (primary N) is 1. The van der Waals surface area contributed by atoms with E-state index in [0.717, 1.165) is 0 Å². The molecule has 0 amide bonds. The Morgan fingerprint density at radius 1 is 1.44 bits per heavy atom. The second kappa shape index (κ2) is 8.23. The van der Waals surface area contributed by atoms with E-state index < -0.39 is 48.9 Å². The molecule has 4 N–H and O–H groups in total. The molecule has 16 heteroatoms. The number of nitrogen functional groups attached to an aromatic ring is 1. The van der Waals surface area contributed by atoms with E-state index in [9.17, 15) is 24.6 Å². The third-order valence-electron chi connectivity index (χ3n) is 5.54. The van der Waals surface area contributed by atoms with E-state index in [1.807, 2.05) is 0 Å². The second-order valence-corrected chi connectivity index (χ2v) is 9.28. The van der Waals surface area contributed by atoms with Gasteiger partial charge in [-0.2, -0.15) is 4.98 Å². The van der Waals surface area contributed by atoms with Crippen LogP contribution >= 0.6 is 7.82 Å². The topological polar surface area (TPSA) is 207 Å². The van der Waals surface area contributed by atoms with Gasteiger partial charge in [-0.15, -0.1) is 0 Å². The summed E-state index contributed by atoms with van der Waals surface area (Å²) in [5, 5.41) is 22.2. The van der Waals surface area contributed by atoms with Gasteiger partial charge in [0, 0.05) is 6.07 Å². The van der Waals surface area contributed by atoms with Crippen LogP contribution in [0.1, 0.15) is 24.8 Å². The standard InChI is InChI=1S/C18H19N6O9P/c1-8(9-4-2-3-5-10(9)24(27)28)32-34(29)30-6-11-14(33-34)13(25)17(31-11)23-7-20-12-15(23)21-18(19)22-16(12)26/h2-5,7-8,11,13-14,17,25H,6H2,1H3,(H3,19,21,22,26). The first-order chi connectivity index (χ1) is 16.2. The van der Waals surface area contributed by atoms with Crippen LogP contribution in [-0.4, -0.2) is 54.5 Å². The molecule has 15 nitrogen and oxygen atoms in total. The van der Waals surface area contributed by atoms with Crippen molar-refractivity contribution >= 4 is 30.6 Å². The smallest absolute Gasteiger partial charge is 0.386 e. The Morgan fingerprint density at radius 2 is 2.21 bits per heavy atom. The minimum absolute atomic E-state index is 0.00988. The quantitative estimate of drug-likeness (QED) is 0.259. The fourth-order valence-corrected chi connectivity index (χ4v) is 5.55. The Labute approximate surface area is 190 Å². The van der Waals surface area contributed by atoms with E-state index in [-0.39, 0.29) is 35.0 Å². The second-order valence-electron chi connectivity index (χ2n) is 7.71. The molecule has 180 valence electrons. The van der Waals surface area contributed by atoms with Crippen molar-refractivity contribution in [3.05, 3.63) is 56.6 Å². The number of rotatable bonds is 5. The Hall–Kier alpha value is -3.20. The van der Waals surface area contributed by atoms with E-state index in [2.05, 4.69) is 15.0 Å². The summed E-state index contributed by atoms with van der Waals surface area (Å²) in [5.74, 6) is -0.148. The van der Waals surface area contributed by atoms with Crippen LogP contribution in [0.2, 0.25) is 0 Å². The number of aromatic nitrogens is 4. The highest BCUT2D eigenvalue weighted by atomic mass is 31.2. The molecule has 2 fully saturated rings. The molecular weight excluding hydrogens is 475 g/mol. The summed E-state index contributed by atoms with van der Waals surface area (Å²) in [4.78, 5) is 33.1. The number of aliphatic hydroxyl groups excluding tert-OH is 1. The molecule has 6 unspecified atom stereocenters. The van der Waals surface area contributed by atoms with E-state index in [4.69, 9.17) is 24.0 Å². The Bertz CT molecular complexity index is 1380. The molecule has 2 aliphatic heterocycles. The number of H-pyrrole nitrogens is 1. The normalized spacial score (nSPS) is 29.7. The van der Waals surface area contributed by atoms with Gasteiger partial charge >= 0.3 is 7.82 Å². The molecule has 0 radical (unpaired) electrons.